The van der Waals surface area contributed by atoms with Crippen LogP contribution in [0, 0.1) is 45.3 Å². The highest BCUT2D eigenvalue weighted by molar-refractivity contribution is 5.22. The van der Waals surface area contributed by atoms with Crippen molar-refractivity contribution in [1.29, 1.82) is 0 Å². The zero-order valence-corrected chi connectivity index (χ0v) is 40.2. The molecule has 3 aliphatic heterocycles. The first-order valence-electron chi connectivity index (χ1n) is 24.6. The number of ether oxygens (including phenoxy) is 6. The van der Waals surface area contributed by atoms with Crippen molar-refractivity contribution in [3.63, 3.8) is 0 Å². The Morgan fingerprint density at radius 2 is 1.19 bits per heavy atom. The highest BCUT2D eigenvalue weighted by atomic mass is 16.8. The van der Waals surface area contributed by atoms with Gasteiger partial charge in [-0.05, 0) is 123 Å². The Balaban J connectivity index is 1.11. The van der Waals surface area contributed by atoms with Gasteiger partial charge in [0.1, 0.15) is 73.2 Å². The smallest absolute Gasteiger partial charge is 0.187 e. The summed E-state index contributed by atoms with van der Waals surface area (Å²) in [5.41, 5.74) is -0.948. The highest BCUT2D eigenvalue weighted by Gasteiger charge is 2.69. The molecular weight excluding hydrogens is 881 g/mol. The maximum absolute atomic E-state index is 11.8. The molecule has 0 radical (unpaired) electrons. The van der Waals surface area contributed by atoms with E-state index in [2.05, 4.69) is 34.6 Å². The molecule has 19 nitrogen and oxygen atoms in total. The van der Waals surface area contributed by atoms with Gasteiger partial charge in [0.2, 0.25) is 0 Å². The molecule has 3 heterocycles. The molecule has 7 rings (SSSR count). The first kappa shape index (κ1) is 53.8. The average Bonchev–Trinajstić information content (AvgIpc) is 3.63. The van der Waals surface area contributed by atoms with Crippen molar-refractivity contribution in [2.24, 2.45) is 45.3 Å². The average molecular weight is 963 g/mol. The molecule has 13 N–H and O–H groups in total. The molecule has 0 aromatic rings. The Hall–Kier alpha value is -1.02. The summed E-state index contributed by atoms with van der Waals surface area (Å²) in [6, 6.07) is 0. The normalized spacial score (nSPS) is 50.8. The van der Waals surface area contributed by atoms with E-state index in [-0.39, 0.29) is 41.1 Å². The van der Waals surface area contributed by atoms with Crippen molar-refractivity contribution >= 4 is 0 Å². The van der Waals surface area contributed by atoms with Crippen LogP contribution in [0.2, 0.25) is 0 Å². The largest absolute Gasteiger partial charge is 0.394 e. The second-order valence-electron chi connectivity index (χ2n) is 23.0. The van der Waals surface area contributed by atoms with Gasteiger partial charge in [-0.15, -0.1) is 0 Å². The molecule has 67 heavy (non-hydrogen) atoms. The van der Waals surface area contributed by atoms with Crippen LogP contribution in [0.15, 0.2) is 11.6 Å². The van der Waals surface area contributed by atoms with Gasteiger partial charge in [0, 0.05) is 0 Å². The van der Waals surface area contributed by atoms with E-state index in [9.17, 15) is 66.4 Å². The van der Waals surface area contributed by atoms with E-state index in [1.54, 1.807) is 13.8 Å². The van der Waals surface area contributed by atoms with Crippen LogP contribution in [0.5, 0.6) is 0 Å². The van der Waals surface area contributed by atoms with Gasteiger partial charge >= 0.3 is 0 Å². The number of aliphatic hydroxyl groups is 13. The Kier molecular flexibility index (Phi) is 16.1. The fourth-order valence-electron chi connectivity index (χ4n) is 14.5. The number of aliphatic hydroxyl groups excluding tert-OH is 12. The third-order valence-electron chi connectivity index (χ3n) is 18.8. The van der Waals surface area contributed by atoms with Gasteiger partial charge in [-0.2, -0.15) is 0 Å². The van der Waals surface area contributed by atoms with E-state index in [1.165, 1.54) is 0 Å². The van der Waals surface area contributed by atoms with Crippen LogP contribution in [0.4, 0.5) is 0 Å². The van der Waals surface area contributed by atoms with E-state index in [0.29, 0.717) is 18.3 Å². The lowest BCUT2D eigenvalue weighted by Gasteiger charge is -2.70. The summed E-state index contributed by atoms with van der Waals surface area (Å²) in [4.78, 5) is 0. The molecule has 19 heteroatoms. The molecule has 388 valence electrons. The van der Waals surface area contributed by atoms with Crippen molar-refractivity contribution in [2.75, 3.05) is 26.4 Å². The van der Waals surface area contributed by atoms with E-state index in [1.807, 2.05) is 6.08 Å². The second kappa shape index (κ2) is 20.1. The summed E-state index contributed by atoms with van der Waals surface area (Å²) < 4.78 is 36.2. The zero-order chi connectivity index (χ0) is 49.3. The van der Waals surface area contributed by atoms with Crippen molar-refractivity contribution < 1.29 is 94.8 Å². The quantitative estimate of drug-likeness (QED) is 0.0730. The van der Waals surface area contributed by atoms with Gasteiger partial charge in [0.15, 0.2) is 18.9 Å². The van der Waals surface area contributed by atoms with Gasteiger partial charge in [-0.3, -0.25) is 0 Å². The zero-order valence-electron chi connectivity index (χ0n) is 40.2. The molecule has 0 spiro atoms. The molecule has 3 saturated heterocycles. The lowest BCUT2D eigenvalue weighted by Crippen LogP contribution is -2.67. The Morgan fingerprint density at radius 1 is 0.627 bits per heavy atom. The lowest BCUT2D eigenvalue weighted by molar-refractivity contribution is -0.382. The van der Waals surface area contributed by atoms with Crippen LogP contribution in [0.3, 0.4) is 0 Å². The fourth-order valence-corrected chi connectivity index (χ4v) is 14.5. The molecule has 7 fully saturated rings. The maximum atomic E-state index is 11.8. The molecule has 0 aromatic heterocycles. The minimum Gasteiger partial charge on any atom is -0.394 e. The van der Waals surface area contributed by atoms with Gasteiger partial charge in [-0.1, -0.05) is 40.7 Å². The minimum absolute atomic E-state index is 0.0102. The summed E-state index contributed by atoms with van der Waals surface area (Å²) in [7, 11) is 0. The molecular formula is C48H82O19. The Labute approximate surface area is 393 Å². The van der Waals surface area contributed by atoms with Crippen LogP contribution >= 0.6 is 0 Å². The molecule has 4 saturated carbocycles. The van der Waals surface area contributed by atoms with Crippen molar-refractivity contribution in [3.05, 3.63) is 11.6 Å². The summed E-state index contributed by atoms with van der Waals surface area (Å²) in [5.74, 6) is 1.07. The van der Waals surface area contributed by atoms with Crippen molar-refractivity contribution in [2.45, 2.75) is 216 Å². The van der Waals surface area contributed by atoms with Crippen LogP contribution in [-0.4, -0.2) is 203 Å². The van der Waals surface area contributed by atoms with Crippen LogP contribution in [-0.2, 0) is 28.4 Å². The third kappa shape index (κ3) is 9.47. The van der Waals surface area contributed by atoms with Gasteiger partial charge < -0.3 is 94.8 Å². The molecule has 0 amide bonds. The van der Waals surface area contributed by atoms with Crippen molar-refractivity contribution in [3.8, 4) is 0 Å². The molecule has 4 aliphatic carbocycles. The Bertz CT molecular complexity index is 1690. The third-order valence-corrected chi connectivity index (χ3v) is 18.8. The molecule has 0 bridgehead atoms. The predicted molar refractivity (Wildman–Crippen MR) is 235 cm³/mol. The number of rotatable bonds is 14. The Morgan fingerprint density at radius 3 is 1.79 bits per heavy atom. The molecule has 7 aliphatic rings. The topological polar surface area (TPSA) is 318 Å². The summed E-state index contributed by atoms with van der Waals surface area (Å²) in [5, 5.41) is 138. The highest BCUT2D eigenvalue weighted by Crippen LogP contribution is 2.75. The van der Waals surface area contributed by atoms with Crippen LogP contribution in [0.1, 0.15) is 106 Å². The molecule has 4 unspecified atom stereocenters. The number of fused-ring (bicyclic) bond motifs is 5. The monoisotopic (exact) mass is 963 g/mol. The molecule has 24 atom stereocenters. The van der Waals surface area contributed by atoms with E-state index < -0.39 is 135 Å². The van der Waals surface area contributed by atoms with E-state index >= 15 is 0 Å². The number of hydrogen-bond donors (Lipinski definition) is 13. The van der Waals surface area contributed by atoms with E-state index in [4.69, 9.17) is 28.4 Å². The second-order valence-corrected chi connectivity index (χ2v) is 23.0. The first-order valence-corrected chi connectivity index (χ1v) is 24.6. The summed E-state index contributed by atoms with van der Waals surface area (Å²) >= 11 is 0. The minimum atomic E-state index is -1.84. The van der Waals surface area contributed by atoms with Gasteiger partial charge in [0.05, 0.1) is 44.2 Å². The first-order chi connectivity index (χ1) is 31.3. The van der Waals surface area contributed by atoms with E-state index in [0.717, 1.165) is 50.5 Å². The fraction of sp³-hybridized carbons (Fsp3) is 0.958. The van der Waals surface area contributed by atoms with Gasteiger partial charge in [-0.25, -0.2) is 0 Å². The predicted octanol–water partition coefficient (Wildman–Crippen LogP) is -1.05. The maximum Gasteiger partial charge on any atom is 0.187 e. The lowest BCUT2D eigenvalue weighted by atomic mass is 9.35. The molecule has 0 aromatic carbocycles. The van der Waals surface area contributed by atoms with Gasteiger partial charge in [0.25, 0.3) is 0 Å². The number of hydrogen-bond acceptors (Lipinski definition) is 19. The summed E-state index contributed by atoms with van der Waals surface area (Å²) in [6.07, 6.45) is -16.3. The van der Waals surface area contributed by atoms with Crippen LogP contribution in [0.25, 0.3) is 0 Å². The van der Waals surface area contributed by atoms with Crippen LogP contribution < -0.4 is 0 Å². The SMILES string of the molecule is CC(C)(O)C(O)C/C=C(\CO)[C@H]1CC[C@]2(C)[C@@H]1CC[C@@H]1[C@@]3(C)CC[C@H](O[C@@H]4O[C@H](COC5OC(CO)[C@@H](O)[C@H](O)[C@H]5O)[C@@H](O)[C@H](O)[C@H]4OC4O[C@H](CO)[C@@H](O)[C@H](O)[C@H]4O)C(C)(C)[C@@H]3CC[C@]12C. The summed E-state index contributed by atoms with van der Waals surface area (Å²) in [6.45, 7) is 12.8. The standard InChI is InChI=1S/C48H82O19/c1-44(2)28-13-17-48(7)29(10-9-24-23(12-16-47(24,48)6)22(18-49)8-11-30(52)45(3,4)61)46(28,5)15-14-31(44)66-43-40(67-42-39(60)36(57)33(54)26(20-51)64-42)37(58)34(55)27(65-43)21-62-41-38(59)35(56)32(53)25(19-50)63-41/h8,23-43,49-61H,9-21H2,1-7H3/b22-8+/t23-,24-,25?,26-,27-,28+,29-,30?,31+,32-,33-,34-,35+,36+,37+,38-,39-,40-,41?,42?,43+,46+,47-,48-/m1/s1. The van der Waals surface area contributed by atoms with Crippen molar-refractivity contribution in [1.82, 2.24) is 0 Å².